The maximum atomic E-state index is 12.1. The van der Waals surface area contributed by atoms with E-state index in [-0.39, 0.29) is 11.6 Å². The van der Waals surface area contributed by atoms with Crippen LogP contribution < -0.4 is 11.3 Å². The molecule has 17 heavy (non-hydrogen) atoms. The van der Waals surface area contributed by atoms with Crippen molar-refractivity contribution < 1.29 is 0 Å². The third kappa shape index (κ3) is 2.36. The van der Waals surface area contributed by atoms with Gasteiger partial charge in [-0.15, -0.1) is 0 Å². The fourth-order valence-corrected chi connectivity index (χ4v) is 1.81. The van der Waals surface area contributed by atoms with Crippen LogP contribution in [0.1, 0.15) is 19.8 Å². The van der Waals surface area contributed by atoms with Crippen molar-refractivity contribution in [2.75, 3.05) is 0 Å². The van der Waals surface area contributed by atoms with Gasteiger partial charge in [-0.1, -0.05) is 0 Å². The first kappa shape index (κ1) is 11.8. The Morgan fingerprint density at radius 3 is 3.00 bits per heavy atom. The highest BCUT2D eigenvalue weighted by molar-refractivity contribution is 5.72. The summed E-state index contributed by atoms with van der Waals surface area (Å²) in [6.45, 7) is 2.61. The third-order valence-corrected chi connectivity index (χ3v) is 2.78. The zero-order valence-corrected chi connectivity index (χ0v) is 10.1. The fourth-order valence-electron chi connectivity index (χ4n) is 1.81. The van der Waals surface area contributed by atoms with E-state index >= 15 is 0 Å². The van der Waals surface area contributed by atoms with Gasteiger partial charge in [-0.25, -0.2) is 4.98 Å². The largest absolute Gasteiger partial charge is 0.328 e. The van der Waals surface area contributed by atoms with Crippen molar-refractivity contribution in [1.29, 1.82) is 0 Å². The highest BCUT2D eigenvalue weighted by Gasteiger charge is 2.07. The summed E-state index contributed by atoms with van der Waals surface area (Å²) < 4.78 is 3.22. The minimum absolute atomic E-state index is 0.0345. The zero-order valence-electron chi connectivity index (χ0n) is 10.1. The van der Waals surface area contributed by atoms with Gasteiger partial charge in [-0.3, -0.25) is 14.0 Å². The van der Waals surface area contributed by atoms with Crippen LogP contribution in [0.3, 0.4) is 0 Å². The number of hydrogen-bond acceptors (Lipinski definition) is 4. The van der Waals surface area contributed by atoms with Gasteiger partial charge in [0.15, 0.2) is 5.65 Å². The van der Waals surface area contributed by atoms with E-state index in [1.807, 2.05) is 6.92 Å². The van der Waals surface area contributed by atoms with Gasteiger partial charge in [0, 0.05) is 19.6 Å². The molecule has 92 valence electrons. The highest BCUT2D eigenvalue weighted by atomic mass is 16.1. The molecule has 0 aliphatic heterocycles. The van der Waals surface area contributed by atoms with Gasteiger partial charge in [0.2, 0.25) is 0 Å². The Bertz CT molecular complexity index is 569. The van der Waals surface area contributed by atoms with E-state index in [1.54, 1.807) is 28.8 Å². The first-order chi connectivity index (χ1) is 8.09. The number of aryl methyl sites for hydroxylation is 2. The van der Waals surface area contributed by atoms with E-state index in [9.17, 15) is 4.79 Å². The lowest BCUT2D eigenvalue weighted by atomic mass is 10.2. The number of aromatic nitrogens is 4. The van der Waals surface area contributed by atoms with E-state index in [4.69, 9.17) is 5.73 Å². The molecule has 2 rings (SSSR count). The van der Waals surface area contributed by atoms with Crippen LogP contribution in [0.25, 0.3) is 11.0 Å². The Morgan fingerprint density at radius 2 is 2.29 bits per heavy atom. The van der Waals surface area contributed by atoms with Crippen LogP contribution in [-0.4, -0.2) is 25.4 Å². The Hall–Kier alpha value is -1.69. The van der Waals surface area contributed by atoms with E-state index in [0.29, 0.717) is 17.6 Å². The normalized spacial score (nSPS) is 13.1. The molecule has 2 aromatic heterocycles. The summed E-state index contributed by atoms with van der Waals surface area (Å²) in [7, 11) is 1.77. The molecule has 1 unspecified atom stereocenters. The second-order valence-electron chi connectivity index (χ2n) is 4.37. The number of fused-ring (bicyclic) bond motifs is 1. The van der Waals surface area contributed by atoms with Crippen molar-refractivity contribution >= 4 is 11.0 Å². The van der Waals surface area contributed by atoms with E-state index in [1.165, 1.54) is 0 Å². The van der Waals surface area contributed by atoms with Crippen LogP contribution in [0.5, 0.6) is 0 Å². The molecule has 0 saturated carbocycles. The Kier molecular flexibility index (Phi) is 3.23. The van der Waals surface area contributed by atoms with Gasteiger partial charge in [-0.05, 0) is 19.8 Å². The van der Waals surface area contributed by atoms with Crippen molar-refractivity contribution in [3.8, 4) is 0 Å². The smallest absolute Gasteiger partial charge is 0.264 e. The molecule has 0 aliphatic carbocycles. The van der Waals surface area contributed by atoms with Gasteiger partial charge in [0.25, 0.3) is 5.56 Å². The molecule has 0 radical (unpaired) electrons. The van der Waals surface area contributed by atoms with Crippen LogP contribution in [0.4, 0.5) is 0 Å². The molecule has 2 aromatic rings. The van der Waals surface area contributed by atoms with Gasteiger partial charge in [0.1, 0.15) is 5.39 Å². The predicted octanol–water partition coefficient (Wildman–Crippen LogP) is 0.257. The molecule has 0 aliphatic rings. The second-order valence-corrected chi connectivity index (χ2v) is 4.37. The lowest BCUT2D eigenvalue weighted by Crippen LogP contribution is -2.22. The van der Waals surface area contributed by atoms with Crippen LogP contribution >= 0.6 is 0 Å². The molecule has 1 atom stereocenters. The Morgan fingerprint density at radius 1 is 1.53 bits per heavy atom. The molecule has 6 nitrogen and oxygen atoms in total. The van der Waals surface area contributed by atoms with Crippen molar-refractivity contribution in [2.45, 2.75) is 32.4 Å². The maximum absolute atomic E-state index is 12.1. The Balaban J connectivity index is 2.24. The maximum Gasteiger partial charge on any atom is 0.264 e. The van der Waals surface area contributed by atoms with Gasteiger partial charge < -0.3 is 5.73 Å². The fraction of sp³-hybridized carbons (Fsp3) is 0.545. The summed E-state index contributed by atoms with van der Waals surface area (Å²) >= 11 is 0. The van der Waals surface area contributed by atoms with Crippen molar-refractivity contribution in [3.63, 3.8) is 0 Å². The number of nitrogens with zero attached hydrogens (tertiary/aromatic N) is 4. The number of hydrogen-bond donors (Lipinski definition) is 1. The van der Waals surface area contributed by atoms with Crippen molar-refractivity contribution in [3.05, 3.63) is 22.9 Å². The SMILES string of the molecule is CC(N)CCCn1cnc2c(cnn2C)c1=O. The molecular weight excluding hydrogens is 218 g/mol. The predicted molar refractivity (Wildman–Crippen MR) is 65.7 cm³/mol. The van der Waals surface area contributed by atoms with Crippen molar-refractivity contribution in [2.24, 2.45) is 12.8 Å². The molecule has 0 saturated heterocycles. The molecule has 0 aromatic carbocycles. The summed E-state index contributed by atoms with van der Waals surface area (Å²) in [5, 5.41) is 4.59. The average Bonchev–Trinajstić information content (AvgIpc) is 2.64. The van der Waals surface area contributed by atoms with Crippen LogP contribution in [0.15, 0.2) is 17.3 Å². The average molecular weight is 235 g/mol. The zero-order chi connectivity index (χ0) is 12.4. The van der Waals surface area contributed by atoms with Gasteiger partial charge >= 0.3 is 0 Å². The summed E-state index contributed by atoms with van der Waals surface area (Å²) in [5.74, 6) is 0. The minimum atomic E-state index is -0.0345. The molecule has 0 spiro atoms. The quantitative estimate of drug-likeness (QED) is 0.824. The lowest BCUT2D eigenvalue weighted by molar-refractivity contribution is 0.546. The highest BCUT2D eigenvalue weighted by Crippen LogP contribution is 2.04. The van der Waals surface area contributed by atoms with Gasteiger partial charge in [0.05, 0.1) is 12.5 Å². The van der Waals surface area contributed by atoms with Crippen LogP contribution in [0, 0.1) is 0 Å². The Labute approximate surface area is 99.1 Å². The monoisotopic (exact) mass is 235 g/mol. The molecule has 0 fully saturated rings. The number of nitrogens with two attached hydrogens (primary N) is 1. The number of rotatable bonds is 4. The van der Waals surface area contributed by atoms with Crippen LogP contribution in [-0.2, 0) is 13.6 Å². The first-order valence-corrected chi connectivity index (χ1v) is 5.72. The first-order valence-electron chi connectivity index (χ1n) is 5.72. The van der Waals surface area contributed by atoms with E-state index in [2.05, 4.69) is 10.1 Å². The minimum Gasteiger partial charge on any atom is -0.328 e. The van der Waals surface area contributed by atoms with E-state index < -0.39 is 0 Å². The molecule has 0 bridgehead atoms. The molecule has 6 heteroatoms. The summed E-state index contributed by atoms with van der Waals surface area (Å²) in [6, 6.07) is 0.167. The summed E-state index contributed by atoms with van der Waals surface area (Å²) in [4.78, 5) is 16.3. The molecule has 2 N–H and O–H groups in total. The second kappa shape index (κ2) is 4.67. The van der Waals surface area contributed by atoms with Gasteiger partial charge in [-0.2, -0.15) is 5.10 Å². The molecular formula is C11H17N5O. The lowest BCUT2D eigenvalue weighted by Gasteiger charge is -2.07. The third-order valence-electron chi connectivity index (χ3n) is 2.78. The summed E-state index contributed by atoms with van der Waals surface area (Å²) in [6.07, 6.45) is 4.92. The molecule has 2 heterocycles. The van der Waals surface area contributed by atoms with E-state index in [0.717, 1.165) is 12.8 Å². The molecule has 0 amide bonds. The van der Waals surface area contributed by atoms with Crippen molar-refractivity contribution in [1.82, 2.24) is 19.3 Å². The van der Waals surface area contributed by atoms with Crippen LogP contribution in [0.2, 0.25) is 0 Å². The standard InChI is InChI=1S/C11H17N5O/c1-8(12)4-3-5-16-7-13-10-9(11(16)17)6-14-15(10)2/h6-8H,3-5,12H2,1-2H3. The summed E-state index contributed by atoms with van der Waals surface area (Å²) in [5.41, 5.74) is 6.26. The topological polar surface area (TPSA) is 78.7 Å².